The number of hydrogen-bond donors (Lipinski definition) is 2. The highest BCUT2D eigenvalue weighted by Crippen LogP contribution is 2.24. The summed E-state index contributed by atoms with van der Waals surface area (Å²) < 4.78 is 18.5. The van der Waals surface area contributed by atoms with Crippen molar-refractivity contribution in [1.82, 2.24) is 5.32 Å². The molecule has 0 saturated carbocycles. The smallest absolute Gasteiger partial charge is 0.319 e. The van der Waals surface area contributed by atoms with Crippen LogP contribution in [0.2, 0.25) is 0 Å². The van der Waals surface area contributed by atoms with Gasteiger partial charge in [-0.1, -0.05) is 12.1 Å². The van der Waals surface area contributed by atoms with Crippen molar-refractivity contribution in [2.24, 2.45) is 0 Å². The first-order valence-corrected chi connectivity index (χ1v) is 8.42. The van der Waals surface area contributed by atoms with Crippen LogP contribution >= 0.6 is 0 Å². The van der Waals surface area contributed by atoms with E-state index in [0.717, 1.165) is 0 Å². The lowest BCUT2D eigenvalue weighted by Gasteiger charge is -2.18. The van der Waals surface area contributed by atoms with Gasteiger partial charge in [-0.2, -0.15) is 0 Å². The van der Waals surface area contributed by atoms with Crippen LogP contribution in [-0.2, 0) is 4.79 Å². The van der Waals surface area contributed by atoms with Gasteiger partial charge in [-0.3, -0.25) is 4.79 Å². The number of nitrogens with zero attached hydrogens (tertiary/aromatic N) is 1. The van der Waals surface area contributed by atoms with Crippen LogP contribution in [0.3, 0.4) is 0 Å². The SMILES string of the molecule is CCOc1ccccc1NC(=O)NC1CC(=O)N(c2ccc(F)cc2)C1. The van der Waals surface area contributed by atoms with Crippen molar-refractivity contribution in [3.05, 3.63) is 54.3 Å². The summed E-state index contributed by atoms with van der Waals surface area (Å²) in [6.07, 6.45) is 0.192. The number of hydrogen-bond acceptors (Lipinski definition) is 3. The van der Waals surface area contributed by atoms with Gasteiger partial charge in [-0.05, 0) is 43.3 Å². The van der Waals surface area contributed by atoms with Gasteiger partial charge in [0.15, 0.2) is 0 Å². The van der Waals surface area contributed by atoms with E-state index in [2.05, 4.69) is 10.6 Å². The highest BCUT2D eigenvalue weighted by atomic mass is 19.1. The quantitative estimate of drug-likeness (QED) is 0.864. The largest absolute Gasteiger partial charge is 0.492 e. The zero-order valence-corrected chi connectivity index (χ0v) is 14.4. The summed E-state index contributed by atoms with van der Waals surface area (Å²) in [5.41, 5.74) is 1.18. The van der Waals surface area contributed by atoms with Gasteiger partial charge in [0.25, 0.3) is 0 Å². The Labute approximate surface area is 150 Å². The number of halogens is 1. The van der Waals surface area contributed by atoms with E-state index in [0.29, 0.717) is 30.3 Å². The number of nitrogens with one attached hydrogen (secondary N) is 2. The summed E-state index contributed by atoms with van der Waals surface area (Å²) in [5.74, 6) is 0.111. The van der Waals surface area contributed by atoms with Crippen LogP contribution in [0.4, 0.5) is 20.6 Å². The van der Waals surface area contributed by atoms with Gasteiger partial charge in [-0.15, -0.1) is 0 Å². The Balaban J connectivity index is 1.60. The minimum Gasteiger partial charge on any atom is -0.492 e. The monoisotopic (exact) mass is 357 g/mol. The van der Waals surface area contributed by atoms with Gasteiger partial charge >= 0.3 is 6.03 Å². The van der Waals surface area contributed by atoms with Crippen molar-refractivity contribution >= 4 is 23.3 Å². The van der Waals surface area contributed by atoms with Crippen LogP contribution in [0.25, 0.3) is 0 Å². The predicted molar refractivity (Wildman–Crippen MR) is 96.9 cm³/mol. The van der Waals surface area contributed by atoms with Gasteiger partial charge in [0.2, 0.25) is 5.91 Å². The van der Waals surface area contributed by atoms with Gasteiger partial charge in [0.05, 0.1) is 18.3 Å². The molecule has 1 unspecified atom stereocenters. The average Bonchev–Trinajstić information content (AvgIpc) is 2.97. The number of rotatable bonds is 5. The maximum absolute atomic E-state index is 13.0. The second-order valence-electron chi connectivity index (χ2n) is 5.91. The number of benzene rings is 2. The van der Waals surface area contributed by atoms with Crippen molar-refractivity contribution in [3.63, 3.8) is 0 Å². The fourth-order valence-corrected chi connectivity index (χ4v) is 2.87. The fourth-order valence-electron chi connectivity index (χ4n) is 2.87. The highest BCUT2D eigenvalue weighted by molar-refractivity contribution is 5.97. The molecule has 1 heterocycles. The van der Waals surface area contributed by atoms with Gasteiger partial charge < -0.3 is 20.3 Å². The third-order valence-corrected chi connectivity index (χ3v) is 4.03. The molecule has 1 atom stereocenters. The Kier molecular flexibility index (Phi) is 5.36. The first-order valence-electron chi connectivity index (χ1n) is 8.42. The lowest BCUT2D eigenvalue weighted by molar-refractivity contribution is -0.117. The average molecular weight is 357 g/mol. The van der Waals surface area contributed by atoms with Crippen LogP contribution in [0.1, 0.15) is 13.3 Å². The molecule has 1 aliphatic rings. The van der Waals surface area contributed by atoms with Crippen LogP contribution in [-0.4, -0.2) is 31.1 Å². The van der Waals surface area contributed by atoms with Crippen LogP contribution in [0.5, 0.6) is 5.75 Å². The molecule has 0 aromatic heterocycles. The number of carbonyl (C=O) groups is 2. The van der Waals surface area contributed by atoms with E-state index in [-0.39, 0.29) is 24.2 Å². The molecule has 7 heteroatoms. The lowest BCUT2D eigenvalue weighted by Crippen LogP contribution is -2.39. The van der Waals surface area contributed by atoms with E-state index < -0.39 is 6.03 Å². The number of para-hydroxylation sites is 2. The minimum atomic E-state index is -0.407. The molecular weight excluding hydrogens is 337 g/mol. The Morgan fingerprint density at radius 2 is 1.96 bits per heavy atom. The van der Waals surface area contributed by atoms with Crippen molar-refractivity contribution in [1.29, 1.82) is 0 Å². The van der Waals surface area contributed by atoms with Crippen LogP contribution < -0.4 is 20.3 Å². The number of anilines is 2. The van der Waals surface area contributed by atoms with Gasteiger partial charge in [-0.25, -0.2) is 9.18 Å². The van der Waals surface area contributed by atoms with Gasteiger partial charge in [0.1, 0.15) is 11.6 Å². The molecule has 3 rings (SSSR count). The first-order chi connectivity index (χ1) is 12.6. The zero-order chi connectivity index (χ0) is 18.5. The Hall–Kier alpha value is -3.09. The van der Waals surface area contributed by atoms with Crippen LogP contribution in [0.15, 0.2) is 48.5 Å². The molecule has 136 valence electrons. The molecular formula is C19H20FN3O3. The van der Waals surface area contributed by atoms with E-state index in [1.54, 1.807) is 35.2 Å². The molecule has 2 aromatic carbocycles. The molecule has 2 aromatic rings. The third-order valence-electron chi connectivity index (χ3n) is 4.03. The van der Waals surface area contributed by atoms with Crippen molar-refractivity contribution in [2.75, 3.05) is 23.4 Å². The van der Waals surface area contributed by atoms with Crippen molar-refractivity contribution in [2.45, 2.75) is 19.4 Å². The third kappa shape index (κ3) is 4.11. The number of ether oxygens (including phenoxy) is 1. The summed E-state index contributed by atoms with van der Waals surface area (Å²) in [6.45, 7) is 2.69. The number of carbonyl (C=O) groups excluding carboxylic acids is 2. The maximum Gasteiger partial charge on any atom is 0.319 e. The minimum absolute atomic E-state index is 0.114. The van der Waals surface area contributed by atoms with E-state index in [1.165, 1.54) is 12.1 Å². The van der Waals surface area contributed by atoms with E-state index >= 15 is 0 Å². The van der Waals surface area contributed by atoms with Crippen molar-refractivity contribution < 1.29 is 18.7 Å². The molecule has 3 amide bonds. The van der Waals surface area contributed by atoms with E-state index in [9.17, 15) is 14.0 Å². The molecule has 1 saturated heterocycles. The molecule has 2 N–H and O–H groups in total. The summed E-state index contributed by atoms with van der Waals surface area (Å²) in [4.78, 5) is 26.0. The second-order valence-corrected chi connectivity index (χ2v) is 5.91. The van der Waals surface area contributed by atoms with E-state index in [1.807, 2.05) is 13.0 Å². The van der Waals surface area contributed by atoms with E-state index in [4.69, 9.17) is 4.74 Å². The first kappa shape index (κ1) is 17.7. The molecule has 0 aliphatic carbocycles. The standard InChI is InChI=1S/C19H20FN3O3/c1-2-26-17-6-4-3-5-16(17)22-19(25)21-14-11-18(24)23(12-14)15-9-7-13(20)8-10-15/h3-10,14H,2,11-12H2,1H3,(H2,21,22,25). The summed E-state index contributed by atoms with van der Waals surface area (Å²) in [5, 5.41) is 5.54. The highest BCUT2D eigenvalue weighted by Gasteiger charge is 2.31. The maximum atomic E-state index is 13.0. The summed E-state index contributed by atoms with van der Waals surface area (Å²) in [6, 6.07) is 12.1. The normalized spacial score (nSPS) is 16.5. The Bertz CT molecular complexity index is 795. The Morgan fingerprint density at radius 1 is 1.23 bits per heavy atom. The molecule has 1 aliphatic heterocycles. The Morgan fingerprint density at radius 3 is 2.69 bits per heavy atom. The molecule has 0 spiro atoms. The molecule has 0 bridgehead atoms. The summed E-state index contributed by atoms with van der Waals surface area (Å²) in [7, 11) is 0. The summed E-state index contributed by atoms with van der Waals surface area (Å²) >= 11 is 0. The van der Waals surface area contributed by atoms with Gasteiger partial charge in [0, 0.05) is 18.7 Å². The lowest BCUT2D eigenvalue weighted by atomic mass is 10.2. The number of urea groups is 1. The zero-order valence-electron chi connectivity index (χ0n) is 14.4. The fraction of sp³-hybridized carbons (Fsp3) is 0.263. The van der Waals surface area contributed by atoms with Crippen LogP contribution in [0, 0.1) is 5.82 Å². The molecule has 1 fully saturated rings. The number of amides is 3. The topological polar surface area (TPSA) is 70.7 Å². The molecule has 26 heavy (non-hydrogen) atoms. The van der Waals surface area contributed by atoms with Crippen molar-refractivity contribution in [3.8, 4) is 5.75 Å². The second kappa shape index (κ2) is 7.86. The molecule has 0 radical (unpaired) electrons. The molecule has 6 nitrogen and oxygen atoms in total. The predicted octanol–water partition coefficient (Wildman–Crippen LogP) is 3.15.